The summed E-state index contributed by atoms with van der Waals surface area (Å²) in [6.07, 6.45) is 2.20. The summed E-state index contributed by atoms with van der Waals surface area (Å²) < 4.78 is 3.64. The molecule has 0 amide bonds. The van der Waals surface area contributed by atoms with Crippen LogP contribution in [0.15, 0.2) is 54.7 Å². The minimum Gasteiger partial charge on any atom is -0.200 e. The van der Waals surface area contributed by atoms with Crippen molar-refractivity contribution >= 4 is 45.5 Å². The second kappa shape index (κ2) is 5.79. The highest BCUT2D eigenvalue weighted by Crippen LogP contribution is 2.39. The SMILES string of the molecule is Cc1c(-c2c3ccc([Si](C)(C)C)cc3cc[n+]2C)sc2ccccc12. The van der Waals surface area contributed by atoms with Gasteiger partial charge in [0.05, 0.1) is 13.5 Å². The average molecular weight is 363 g/mol. The van der Waals surface area contributed by atoms with Crippen molar-refractivity contribution in [3.8, 4) is 10.6 Å². The van der Waals surface area contributed by atoms with Gasteiger partial charge in [0.2, 0.25) is 5.69 Å². The van der Waals surface area contributed by atoms with Crippen LogP contribution < -0.4 is 9.75 Å². The highest BCUT2D eigenvalue weighted by molar-refractivity contribution is 7.22. The summed E-state index contributed by atoms with van der Waals surface area (Å²) >= 11 is 1.90. The molecule has 4 aromatic rings. The first-order chi connectivity index (χ1) is 11.9. The number of aryl methyl sites for hydroxylation is 2. The highest BCUT2D eigenvalue weighted by atomic mass is 32.1. The van der Waals surface area contributed by atoms with E-state index in [4.69, 9.17) is 0 Å². The second-order valence-electron chi connectivity index (χ2n) is 7.88. The molecule has 0 spiro atoms. The number of pyridine rings is 1. The molecule has 0 bridgehead atoms. The molecule has 3 heteroatoms. The lowest BCUT2D eigenvalue weighted by Crippen LogP contribution is -2.37. The number of aromatic nitrogens is 1. The Hall–Kier alpha value is -1.97. The maximum absolute atomic E-state index is 2.41. The third kappa shape index (κ3) is 2.72. The monoisotopic (exact) mass is 362 g/mol. The van der Waals surface area contributed by atoms with Gasteiger partial charge in [0, 0.05) is 10.8 Å². The van der Waals surface area contributed by atoms with Crippen LogP contribution in [-0.2, 0) is 7.05 Å². The Labute approximate surface area is 154 Å². The molecule has 0 saturated carbocycles. The van der Waals surface area contributed by atoms with Crippen LogP contribution in [0.4, 0.5) is 0 Å². The molecule has 25 heavy (non-hydrogen) atoms. The van der Waals surface area contributed by atoms with Gasteiger partial charge in [-0.05, 0) is 35.4 Å². The van der Waals surface area contributed by atoms with Gasteiger partial charge in [0.1, 0.15) is 11.9 Å². The van der Waals surface area contributed by atoms with Gasteiger partial charge >= 0.3 is 0 Å². The van der Waals surface area contributed by atoms with Crippen molar-refractivity contribution in [2.45, 2.75) is 26.6 Å². The first-order valence-corrected chi connectivity index (χ1v) is 13.1. The third-order valence-corrected chi connectivity index (χ3v) is 8.38. The Morgan fingerprint density at radius 3 is 2.40 bits per heavy atom. The van der Waals surface area contributed by atoms with E-state index in [0.29, 0.717) is 0 Å². The predicted molar refractivity (Wildman–Crippen MR) is 114 cm³/mol. The topological polar surface area (TPSA) is 3.88 Å². The van der Waals surface area contributed by atoms with Gasteiger partial charge in [-0.15, -0.1) is 11.3 Å². The largest absolute Gasteiger partial charge is 0.230 e. The lowest BCUT2D eigenvalue weighted by Gasteiger charge is -2.17. The van der Waals surface area contributed by atoms with Crippen LogP contribution >= 0.6 is 11.3 Å². The Bertz CT molecular complexity index is 1100. The molecule has 1 nitrogen and oxygen atoms in total. The van der Waals surface area contributed by atoms with E-state index in [1.165, 1.54) is 42.2 Å². The molecule has 2 aromatic carbocycles. The fraction of sp³-hybridized carbons (Fsp3) is 0.227. The molecule has 0 unspecified atom stereocenters. The standard InChI is InChI=1S/C22H24NSSi/c1-15-18-8-6-7-9-20(18)24-22(15)21-19-11-10-17(25(3,4)5)14-16(19)12-13-23(21)2/h6-14H,1-5H3/q+1. The van der Waals surface area contributed by atoms with Crippen molar-refractivity contribution in [3.05, 3.63) is 60.3 Å². The quantitative estimate of drug-likeness (QED) is 0.332. The van der Waals surface area contributed by atoms with Crippen molar-refractivity contribution in [1.82, 2.24) is 0 Å². The number of fused-ring (bicyclic) bond motifs is 2. The van der Waals surface area contributed by atoms with Gasteiger partial charge in [-0.2, -0.15) is 4.57 Å². The zero-order valence-corrected chi connectivity index (χ0v) is 17.4. The van der Waals surface area contributed by atoms with E-state index in [2.05, 4.69) is 92.9 Å². The minimum absolute atomic E-state index is 1.30. The summed E-state index contributed by atoms with van der Waals surface area (Å²) in [5, 5.41) is 5.60. The van der Waals surface area contributed by atoms with Crippen molar-refractivity contribution < 1.29 is 4.57 Å². The van der Waals surface area contributed by atoms with E-state index in [1.807, 2.05) is 11.3 Å². The first kappa shape index (κ1) is 16.5. The van der Waals surface area contributed by atoms with Crippen LogP contribution in [0.1, 0.15) is 5.56 Å². The van der Waals surface area contributed by atoms with Crippen LogP contribution in [0.2, 0.25) is 19.6 Å². The summed E-state index contributed by atoms with van der Waals surface area (Å²) in [5.74, 6) is 0. The van der Waals surface area contributed by atoms with Gasteiger partial charge in [-0.3, -0.25) is 0 Å². The number of hydrogen-bond acceptors (Lipinski definition) is 1. The summed E-state index contributed by atoms with van der Waals surface area (Å²) in [6, 6.07) is 18.1. The molecule has 2 aromatic heterocycles. The molecule has 0 aliphatic rings. The maximum atomic E-state index is 2.41. The number of nitrogens with zero attached hydrogens (tertiary/aromatic N) is 1. The third-order valence-electron chi connectivity index (χ3n) is 5.06. The van der Waals surface area contributed by atoms with Gasteiger partial charge in [0.25, 0.3) is 0 Å². The van der Waals surface area contributed by atoms with Crippen molar-refractivity contribution in [2.24, 2.45) is 7.05 Å². The number of thiophene rings is 1. The van der Waals surface area contributed by atoms with Gasteiger partial charge in [-0.25, -0.2) is 0 Å². The lowest BCUT2D eigenvalue weighted by molar-refractivity contribution is -0.659. The molecule has 0 radical (unpaired) electrons. The summed E-state index contributed by atoms with van der Waals surface area (Å²) in [6.45, 7) is 9.49. The van der Waals surface area contributed by atoms with Crippen LogP contribution in [0.5, 0.6) is 0 Å². The smallest absolute Gasteiger partial charge is 0.200 e. The fourth-order valence-corrected chi connectivity index (χ4v) is 6.01. The molecule has 2 heterocycles. The van der Waals surface area contributed by atoms with Crippen molar-refractivity contribution in [1.29, 1.82) is 0 Å². The average Bonchev–Trinajstić information content (AvgIpc) is 2.90. The molecule has 0 atom stereocenters. The number of rotatable bonds is 2. The van der Waals surface area contributed by atoms with E-state index in [-0.39, 0.29) is 0 Å². The molecule has 0 saturated heterocycles. The van der Waals surface area contributed by atoms with E-state index in [0.717, 1.165) is 0 Å². The molecule has 4 rings (SSSR count). The number of hydrogen-bond donors (Lipinski definition) is 0. The van der Waals surface area contributed by atoms with Gasteiger partial charge in [0.15, 0.2) is 6.20 Å². The minimum atomic E-state index is -1.30. The Morgan fingerprint density at radius 2 is 1.68 bits per heavy atom. The predicted octanol–water partition coefficient (Wildman–Crippen LogP) is 5.40. The molecule has 126 valence electrons. The van der Waals surface area contributed by atoms with Crippen LogP contribution in [0.25, 0.3) is 31.4 Å². The first-order valence-electron chi connectivity index (χ1n) is 8.77. The summed E-state index contributed by atoms with van der Waals surface area (Å²) in [5.41, 5.74) is 2.72. The zero-order chi connectivity index (χ0) is 17.8. The van der Waals surface area contributed by atoms with E-state index < -0.39 is 8.07 Å². The normalized spacial score (nSPS) is 12.2. The molecule has 0 aliphatic carbocycles. The van der Waals surface area contributed by atoms with Crippen molar-refractivity contribution in [3.63, 3.8) is 0 Å². The molecule has 0 fully saturated rings. The van der Waals surface area contributed by atoms with E-state index in [9.17, 15) is 0 Å². The van der Waals surface area contributed by atoms with Gasteiger partial charge < -0.3 is 0 Å². The highest BCUT2D eigenvalue weighted by Gasteiger charge is 2.22. The van der Waals surface area contributed by atoms with Crippen LogP contribution in [0.3, 0.4) is 0 Å². The lowest BCUT2D eigenvalue weighted by atomic mass is 10.0. The summed E-state index contributed by atoms with van der Waals surface area (Å²) in [7, 11) is 0.855. The van der Waals surface area contributed by atoms with E-state index in [1.54, 1.807) is 0 Å². The Kier molecular flexibility index (Phi) is 3.82. The maximum Gasteiger partial charge on any atom is 0.230 e. The molecule has 0 aliphatic heterocycles. The zero-order valence-electron chi connectivity index (χ0n) is 15.6. The van der Waals surface area contributed by atoms with Crippen LogP contribution in [0, 0.1) is 6.92 Å². The molecular weight excluding hydrogens is 338 g/mol. The fourth-order valence-electron chi connectivity index (χ4n) is 3.52. The summed E-state index contributed by atoms with van der Waals surface area (Å²) in [4.78, 5) is 1.38. The van der Waals surface area contributed by atoms with Gasteiger partial charge in [-0.1, -0.05) is 55.2 Å². The molecule has 0 N–H and O–H groups in total. The van der Waals surface area contributed by atoms with Crippen molar-refractivity contribution in [2.75, 3.05) is 0 Å². The van der Waals surface area contributed by atoms with E-state index >= 15 is 0 Å². The molecular formula is C22H24NSSi+. The van der Waals surface area contributed by atoms with Crippen LogP contribution in [-0.4, -0.2) is 8.07 Å². The number of benzene rings is 2. The Balaban J connectivity index is 2.03. The Morgan fingerprint density at radius 1 is 0.920 bits per heavy atom. The second-order valence-corrected chi connectivity index (χ2v) is 14.0.